The molecule has 0 amide bonds. The van der Waals surface area contributed by atoms with Gasteiger partial charge >= 0.3 is 0 Å². The van der Waals surface area contributed by atoms with Gasteiger partial charge in [-0.15, -0.1) is 9.89 Å². The van der Waals surface area contributed by atoms with Gasteiger partial charge in [-0.25, -0.2) is 0 Å². The van der Waals surface area contributed by atoms with Crippen molar-refractivity contribution in [3.63, 3.8) is 0 Å². The van der Waals surface area contributed by atoms with Gasteiger partial charge in [0.05, 0.1) is 0 Å². The van der Waals surface area contributed by atoms with Gasteiger partial charge in [-0.3, -0.25) is 4.79 Å². The number of aldehydes is 1. The Balaban J connectivity index is 3.37. The van der Waals surface area contributed by atoms with Gasteiger partial charge in [0.25, 0.3) is 0 Å². The summed E-state index contributed by atoms with van der Waals surface area (Å²) in [5.41, 5.74) is 6.39. The molecule has 0 aromatic carbocycles. The van der Waals surface area contributed by atoms with Gasteiger partial charge in [0.15, 0.2) is 12.1 Å². The monoisotopic (exact) mass is 152 g/mol. The lowest BCUT2D eigenvalue weighted by atomic mass is 10.3. The zero-order valence-corrected chi connectivity index (χ0v) is 6.11. The first-order valence-corrected chi connectivity index (χ1v) is 2.98. The van der Waals surface area contributed by atoms with Crippen LogP contribution in [0.3, 0.4) is 0 Å². The molecule has 1 rings (SSSR count). The molecule has 0 aliphatic carbocycles. The van der Waals surface area contributed by atoms with Crippen molar-refractivity contribution in [3.8, 4) is 0 Å². The number of rotatable bonds is 2. The lowest BCUT2D eigenvalue weighted by Gasteiger charge is -1.89. The molecule has 0 bridgehead atoms. The molecule has 0 saturated heterocycles. The molecule has 58 valence electrons. The molecule has 0 atom stereocenters. The Hall–Kier alpha value is -1.65. The van der Waals surface area contributed by atoms with Crippen molar-refractivity contribution in [2.24, 2.45) is 5.10 Å². The van der Waals surface area contributed by atoms with Gasteiger partial charge in [-0.05, 0) is 6.92 Å². The second-order valence-corrected chi connectivity index (χ2v) is 2.04. The molecule has 5 heteroatoms. The highest BCUT2D eigenvalue weighted by Crippen LogP contribution is 2.11. The summed E-state index contributed by atoms with van der Waals surface area (Å²) in [6.45, 7) is 4.93. The van der Waals surface area contributed by atoms with Crippen molar-refractivity contribution in [2.45, 2.75) is 6.92 Å². The van der Waals surface area contributed by atoms with E-state index in [1.165, 1.54) is 0 Å². The first-order chi connectivity index (χ1) is 5.20. The first kappa shape index (κ1) is 7.46. The molecule has 0 spiro atoms. The van der Waals surface area contributed by atoms with E-state index in [0.717, 1.165) is 4.79 Å². The number of carbonyl (C=O) groups excluding carboxylic acids is 1. The molecule has 0 aliphatic heterocycles. The first-order valence-electron chi connectivity index (χ1n) is 2.98. The molecule has 0 radical (unpaired) electrons. The smallest absolute Gasteiger partial charge is 0.170 e. The molecule has 0 fully saturated rings. The van der Waals surface area contributed by atoms with E-state index in [2.05, 4.69) is 16.9 Å². The van der Waals surface area contributed by atoms with Crippen LogP contribution >= 0.6 is 0 Å². The van der Waals surface area contributed by atoms with E-state index in [0.29, 0.717) is 23.4 Å². The molecule has 2 N–H and O–H groups in total. The molecule has 0 aliphatic rings. The molecule has 11 heavy (non-hydrogen) atoms. The Labute approximate surface area is 63.5 Å². The van der Waals surface area contributed by atoms with E-state index >= 15 is 0 Å². The summed E-state index contributed by atoms with van der Waals surface area (Å²) in [6.07, 6.45) is 0.646. The Morgan fingerprint density at radius 1 is 1.82 bits per heavy atom. The largest absolute Gasteiger partial charge is 0.382 e. The van der Waals surface area contributed by atoms with Crippen LogP contribution in [0.5, 0.6) is 0 Å². The van der Waals surface area contributed by atoms with Gasteiger partial charge in [-0.2, -0.15) is 5.10 Å². The second kappa shape index (κ2) is 2.53. The van der Waals surface area contributed by atoms with Gasteiger partial charge in [0.1, 0.15) is 5.69 Å². The third-order valence-corrected chi connectivity index (χ3v) is 1.43. The van der Waals surface area contributed by atoms with E-state index in [4.69, 9.17) is 5.73 Å². The van der Waals surface area contributed by atoms with E-state index < -0.39 is 0 Å². The van der Waals surface area contributed by atoms with Crippen LogP contribution in [0.25, 0.3) is 0 Å². The number of nitrogens with two attached hydrogens (primary N) is 1. The normalized spacial score (nSPS) is 9.55. The summed E-state index contributed by atoms with van der Waals surface area (Å²) in [7, 11) is 0. The van der Waals surface area contributed by atoms with Crippen molar-refractivity contribution in [2.75, 3.05) is 5.73 Å². The maximum Gasteiger partial charge on any atom is 0.170 e. The fraction of sp³-hybridized carbons (Fsp3) is 0.167. The average molecular weight is 152 g/mol. The molecule has 1 aromatic rings. The number of aromatic nitrogens is 2. The van der Waals surface area contributed by atoms with Crippen molar-refractivity contribution in [1.29, 1.82) is 0 Å². The van der Waals surface area contributed by atoms with Crippen LogP contribution in [0.1, 0.15) is 16.1 Å². The second-order valence-electron chi connectivity index (χ2n) is 2.04. The Kier molecular flexibility index (Phi) is 1.72. The van der Waals surface area contributed by atoms with E-state index in [1.807, 2.05) is 0 Å². The van der Waals surface area contributed by atoms with Gasteiger partial charge in [0, 0.05) is 12.3 Å². The zero-order chi connectivity index (χ0) is 8.43. The topological polar surface area (TPSA) is 73.3 Å². The molecule has 1 aromatic heterocycles. The van der Waals surface area contributed by atoms with E-state index in [-0.39, 0.29) is 0 Å². The number of nitrogen functional groups attached to an aromatic ring is 1. The molecular weight excluding hydrogens is 144 g/mol. The number of hydrogen-bond donors (Lipinski definition) is 1. The summed E-state index contributed by atoms with van der Waals surface area (Å²) in [4.78, 5) is 11.5. The standard InChI is InChI=1S/C6H8N4O/c1-4-5(3-11)10(8-2)9-6(4)7/h3H,2H2,1H3,(H2,7,9). The van der Waals surface area contributed by atoms with Crippen LogP contribution in [0.2, 0.25) is 0 Å². The summed E-state index contributed by atoms with van der Waals surface area (Å²) < 4.78 is 0. The maximum absolute atomic E-state index is 10.4. The predicted octanol–water partition coefficient (Wildman–Crippen LogP) is 0.0499. The average Bonchev–Trinajstić information content (AvgIpc) is 2.28. The summed E-state index contributed by atoms with van der Waals surface area (Å²) in [5.74, 6) is 0.305. The molecule has 0 unspecified atom stereocenters. The SMILES string of the molecule is C=Nn1nc(N)c(C)c1C=O. The number of hydrogen-bond acceptors (Lipinski definition) is 4. The summed E-state index contributed by atoms with van der Waals surface area (Å²) in [6, 6.07) is 0. The Morgan fingerprint density at radius 2 is 2.45 bits per heavy atom. The highest BCUT2D eigenvalue weighted by Gasteiger charge is 2.09. The van der Waals surface area contributed by atoms with Crippen molar-refractivity contribution in [3.05, 3.63) is 11.3 Å². The zero-order valence-electron chi connectivity index (χ0n) is 6.11. The Bertz CT molecular complexity index is 302. The van der Waals surface area contributed by atoms with Crippen molar-refractivity contribution >= 4 is 18.8 Å². The predicted molar refractivity (Wildman–Crippen MR) is 41.7 cm³/mol. The summed E-state index contributed by atoms with van der Waals surface area (Å²) >= 11 is 0. The lowest BCUT2D eigenvalue weighted by molar-refractivity contribution is 0.111. The van der Waals surface area contributed by atoms with E-state index in [1.54, 1.807) is 6.92 Å². The minimum absolute atomic E-state index is 0.305. The van der Waals surface area contributed by atoms with Crippen molar-refractivity contribution in [1.82, 2.24) is 9.89 Å². The fourth-order valence-corrected chi connectivity index (χ4v) is 0.755. The quantitative estimate of drug-likeness (QED) is 0.480. The van der Waals surface area contributed by atoms with Gasteiger partial charge in [-0.1, -0.05) is 0 Å². The highest BCUT2D eigenvalue weighted by molar-refractivity contribution is 5.77. The van der Waals surface area contributed by atoms with Crippen LogP contribution in [0.4, 0.5) is 5.82 Å². The minimum Gasteiger partial charge on any atom is -0.382 e. The molecular formula is C6H8N4O. The van der Waals surface area contributed by atoms with Crippen LogP contribution in [0, 0.1) is 6.92 Å². The van der Waals surface area contributed by atoms with Crippen molar-refractivity contribution < 1.29 is 4.79 Å². The van der Waals surface area contributed by atoms with Gasteiger partial charge < -0.3 is 5.73 Å². The fourth-order valence-electron chi connectivity index (χ4n) is 0.755. The maximum atomic E-state index is 10.4. The summed E-state index contributed by atoms with van der Waals surface area (Å²) in [5, 5.41) is 7.20. The number of anilines is 1. The number of nitrogens with zero attached hydrogens (tertiary/aromatic N) is 3. The molecule has 5 nitrogen and oxygen atoms in total. The minimum atomic E-state index is 0.305. The Morgan fingerprint density at radius 3 is 2.82 bits per heavy atom. The highest BCUT2D eigenvalue weighted by atomic mass is 16.1. The van der Waals surface area contributed by atoms with Crippen LogP contribution in [0.15, 0.2) is 5.10 Å². The van der Waals surface area contributed by atoms with E-state index in [9.17, 15) is 4.79 Å². The lowest BCUT2D eigenvalue weighted by Crippen LogP contribution is -1.96. The van der Waals surface area contributed by atoms with Gasteiger partial charge in [0.2, 0.25) is 0 Å². The van der Waals surface area contributed by atoms with Crippen LogP contribution < -0.4 is 5.73 Å². The third kappa shape index (κ3) is 1.000. The molecule has 1 heterocycles. The molecule has 0 saturated carbocycles. The van der Waals surface area contributed by atoms with Crippen LogP contribution in [-0.2, 0) is 0 Å². The van der Waals surface area contributed by atoms with Crippen LogP contribution in [-0.4, -0.2) is 22.9 Å². The third-order valence-electron chi connectivity index (χ3n) is 1.43. The number of carbonyl (C=O) groups is 1.